The largest absolute Gasteiger partial charge is 0.425 e. The average Bonchev–Trinajstić information content (AvgIpc) is 3.33. The van der Waals surface area contributed by atoms with Gasteiger partial charge in [0.1, 0.15) is 10.8 Å². The van der Waals surface area contributed by atoms with E-state index in [9.17, 15) is 9.59 Å². The van der Waals surface area contributed by atoms with Crippen LogP contribution in [-0.2, 0) is 25.0 Å². The minimum atomic E-state index is -0.483. The Bertz CT molecular complexity index is 1390. The number of rotatable bonds is 8. The molecule has 32 heavy (non-hydrogen) atoms. The number of thiazole rings is 1. The highest BCUT2D eigenvalue weighted by atomic mass is 35.5. The zero-order valence-electron chi connectivity index (χ0n) is 17.4. The van der Waals surface area contributed by atoms with Gasteiger partial charge in [0.05, 0.1) is 13.2 Å². The molecule has 168 valence electrons. The minimum Gasteiger partial charge on any atom is -0.425 e. The number of aromatic nitrogens is 5. The number of imidazole rings is 1. The van der Waals surface area contributed by atoms with Crippen molar-refractivity contribution < 1.29 is 9.57 Å². The van der Waals surface area contributed by atoms with Gasteiger partial charge in [0, 0.05) is 29.7 Å². The van der Waals surface area contributed by atoms with Crippen LogP contribution in [0.15, 0.2) is 40.1 Å². The summed E-state index contributed by atoms with van der Waals surface area (Å²) in [5.74, 6) is 5.53. The summed E-state index contributed by atoms with van der Waals surface area (Å²) in [5.41, 5.74) is -0.493. The molecule has 0 amide bonds. The molecule has 0 saturated carbocycles. The topological polar surface area (TPSA) is 119 Å². The highest BCUT2D eigenvalue weighted by Gasteiger charge is 2.22. The number of hydrogen-bond donors (Lipinski definition) is 1. The number of fused-ring (bicyclic) bond motifs is 1. The van der Waals surface area contributed by atoms with E-state index >= 15 is 0 Å². The van der Waals surface area contributed by atoms with Crippen LogP contribution in [0.4, 0.5) is 0 Å². The summed E-state index contributed by atoms with van der Waals surface area (Å²) in [6.45, 7) is 2.58. The second-order valence-corrected chi connectivity index (χ2v) is 8.86. The maximum absolute atomic E-state index is 13.4. The Kier molecular flexibility index (Phi) is 6.42. The average molecular weight is 477 g/mol. The third kappa shape index (κ3) is 4.32. The van der Waals surface area contributed by atoms with E-state index in [4.69, 9.17) is 22.2 Å². The third-order valence-corrected chi connectivity index (χ3v) is 5.94. The van der Waals surface area contributed by atoms with E-state index < -0.39 is 11.2 Å². The van der Waals surface area contributed by atoms with E-state index in [2.05, 4.69) is 14.8 Å². The molecule has 3 heterocycles. The number of ether oxygens (including phenoxy) is 1. The van der Waals surface area contributed by atoms with Crippen molar-refractivity contribution >= 4 is 34.1 Å². The molecule has 0 bridgehead atoms. The van der Waals surface area contributed by atoms with Crippen LogP contribution in [0.2, 0.25) is 5.02 Å². The summed E-state index contributed by atoms with van der Waals surface area (Å²) >= 11 is 7.58. The van der Waals surface area contributed by atoms with Crippen LogP contribution in [0.3, 0.4) is 0 Å². The molecular weight excluding hydrogens is 456 g/mol. The zero-order valence-corrected chi connectivity index (χ0v) is 19.0. The Morgan fingerprint density at radius 1 is 1.25 bits per heavy atom. The van der Waals surface area contributed by atoms with Crippen molar-refractivity contribution in [1.82, 2.24) is 23.7 Å². The van der Waals surface area contributed by atoms with Gasteiger partial charge in [0.2, 0.25) is 0 Å². The van der Waals surface area contributed by atoms with Crippen molar-refractivity contribution in [3.8, 4) is 11.8 Å². The van der Waals surface area contributed by atoms with Crippen LogP contribution in [-0.4, -0.2) is 30.3 Å². The van der Waals surface area contributed by atoms with Crippen molar-refractivity contribution in [2.75, 3.05) is 6.61 Å². The summed E-state index contributed by atoms with van der Waals surface area (Å²) in [4.78, 5) is 40.7. The monoisotopic (exact) mass is 476 g/mol. The molecular formula is C20H21ClN6O4S. The van der Waals surface area contributed by atoms with Gasteiger partial charge in [-0.05, 0) is 31.5 Å². The molecule has 12 heteroatoms. The van der Waals surface area contributed by atoms with E-state index in [0.717, 1.165) is 14.5 Å². The fourth-order valence-electron chi connectivity index (χ4n) is 3.33. The molecule has 0 aliphatic rings. The van der Waals surface area contributed by atoms with E-state index in [0.29, 0.717) is 17.2 Å². The summed E-state index contributed by atoms with van der Waals surface area (Å²) < 4.78 is 10.1. The van der Waals surface area contributed by atoms with Gasteiger partial charge in [-0.2, -0.15) is 4.98 Å². The minimum absolute atomic E-state index is 0.157. The molecule has 0 aliphatic heterocycles. The predicted octanol–water partition coefficient (Wildman–Crippen LogP) is 2.44. The molecule has 0 spiro atoms. The second-order valence-electron chi connectivity index (χ2n) is 7.10. The highest BCUT2D eigenvalue weighted by molar-refractivity contribution is 7.11. The van der Waals surface area contributed by atoms with Crippen molar-refractivity contribution in [2.45, 2.75) is 26.4 Å². The maximum Gasteiger partial charge on any atom is 0.332 e. The zero-order chi connectivity index (χ0) is 22.8. The van der Waals surface area contributed by atoms with Gasteiger partial charge in [-0.3, -0.25) is 18.5 Å². The third-order valence-electron chi connectivity index (χ3n) is 4.81. The van der Waals surface area contributed by atoms with Crippen LogP contribution >= 0.6 is 22.9 Å². The summed E-state index contributed by atoms with van der Waals surface area (Å²) in [6.07, 6.45) is 2.17. The fourth-order valence-corrected chi connectivity index (χ4v) is 4.28. The number of benzene rings is 1. The quantitative estimate of drug-likeness (QED) is 0.306. The first-order valence-corrected chi connectivity index (χ1v) is 10.9. The van der Waals surface area contributed by atoms with E-state index in [-0.39, 0.29) is 36.9 Å². The summed E-state index contributed by atoms with van der Waals surface area (Å²) in [7, 11) is 1.56. The van der Waals surface area contributed by atoms with Crippen molar-refractivity contribution in [1.29, 1.82) is 0 Å². The predicted molar refractivity (Wildman–Crippen MR) is 121 cm³/mol. The lowest BCUT2D eigenvalue weighted by Crippen LogP contribution is -2.40. The first-order valence-electron chi connectivity index (χ1n) is 9.75. The number of nitrogens with two attached hydrogens (primary N) is 1. The van der Waals surface area contributed by atoms with Gasteiger partial charge < -0.3 is 9.57 Å². The first kappa shape index (κ1) is 22.2. The maximum atomic E-state index is 13.4. The van der Waals surface area contributed by atoms with Crippen LogP contribution < -0.4 is 21.9 Å². The Balaban J connectivity index is 1.90. The van der Waals surface area contributed by atoms with Gasteiger partial charge in [-0.15, -0.1) is 11.3 Å². The molecule has 0 aliphatic carbocycles. The molecule has 0 fully saturated rings. The molecule has 0 unspecified atom stereocenters. The Labute approximate surface area is 191 Å². The van der Waals surface area contributed by atoms with Gasteiger partial charge in [0.25, 0.3) is 5.56 Å². The molecule has 0 atom stereocenters. The first-order chi connectivity index (χ1) is 15.4. The molecule has 10 nitrogen and oxygen atoms in total. The van der Waals surface area contributed by atoms with Crippen LogP contribution in [0.1, 0.15) is 16.3 Å². The van der Waals surface area contributed by atoms with Gasteiger partial charge >= 0.3 is 11.7 Å². The molecule has 2 N–H and O–H groups in total. The SMILES string of the molecule is Cc1cnc(Cn2c(Oc3cccc(Cl)c3)nc3c2c(=O)n(CCCON)c(=O)n3C)s1. The molecule has 4 rings (SSSR count). The van der Waals surface area contributed by atoms with Gasteiger partial charge in [0.15, 0.2) is 11.2 Å². The standard InChI is InChI=1S/C20H21ClN6O4S/c1-12-10-23-15(32-12)11-27-16-17(24-19(27)31-14-6-3-5-13(21)9-14)25(2)20(29)26(18(16)28)7-4-8-30-22/h3,5-6,9-10H,4,7-8,11,22H2,1-2H3. The second kappa shape index (κ2) is 9.25. The van der Waals surface area contributed by atoms with E-state index in [1.54, 1.807) is 42.1 Å². The fraction of sp³-hybridized carbons (Fsp3) is 0.300. The smallest absolute Gasteiger partial charge is 0.332 e. The van der Waals surface area contributed by atoms with E-state index in [1.165, 1.54) is 15.9 Å². The number of aryl methyl sites for hydroxylation is 2. The number of nitrogens with zero attached hydrogens (tertiary/aromatic N) is 5. The summed E-state index contributed by atoms with van der Waals surface area (Å²) in [6, 6.07) is 7.00. The lowest BCUT2D eigenvalue weighted by molar-refractivity contribution is 0.131. The van der Waals surface area contributed by atoms with Gasteiger partial charge in [-0.25, -0.2) is 15.7 Å². The number of halogens is 1. The van der Waals surface area contributed by atoms with Crippen LogP contribution in [0, 0.1) is 6.92 Å². The molecule has 0 radical (unpaired) electrons. The lowest BCUT2D eigenvalue weighted by Gasteiger charge is -2.10. The molecule has 4 aromatic rings. The molecule has 3 aromatic heterocycles. The van der Waals surface area contributed by atoms with E-state index in [1.807, 2.05) is 6.92 Å². The summed E-state index contributed by atoms with van der Waals surface area (Å²) in [5, 5.41) is 1.27. The normalized spacial score (nSPS) is 11.4. The van der Waals surface area contributed by atoms with Crippen LogP contribution in [0.25, 0.3) is 11.2 Å². The Morgan fingerprint density at radius 2 is 2.06 bits per heavy atom. The van der Waals surface area contributed by atoms with Crippen molar-refractivity contribution in [2.24, 2.45) is 12.9 Å². The Morgan fingerprint density at radius 3 is 2.75 bits per heavy atom. The lowest BCUT2D eigenvalue weighted by atomic mass is 10.3. The molecule has 0 saturated heterocycles. The Hall–Kier alpha value is -2.99. The van der Waals surface area contributed by atoms with Crippen molar-refractivity contribution in [3.63, 3.8) is 0 Å². The molecule has 1 aromatic carbocycles. The van der Waals surface area contributed by atoms with Crippen LogP contribution in [0.5, 0.6) is 11.8 Å². The van der Waals surface area contributed by atoms with Gasteiger partial charge in [-0.1, -0.05) is 17.7 Å². The number of hydrogen-bond acceptors (Lipinski definition) is 8. The van der Waals surface area contributed by atoms with Crippen molar-refractivity contribution in [3.05, 3.63) is 66.2 Å². The highest BCUT2D eigenvalue weighted by Crippen LogP contribution is 2.27.